The molecule has 1 aromatic rings. The molecule has 0 aliphatic carbocycles. The molecule has 0 amide bonds. The van der Waals surface area contributed by atoms with Crippen LogP contribution in [0.5, 0.6) is 0 Å². The summed E-state index contributed by atoms with van der Waals surface area (Å²) in [5.74, 6) is 0. The Morgan fingerprint density at radius 1 is 1.25 bits per heavy atom. The first kappa shape index (κ1) is 17.5. The van der Waals surface area contributed by atoms with Crippen LogP contribution in [0, 0.1) is 0 Å². The maximum atomic E-state index is 6.18. The number of hydrogen-bond acceptors (Lipinski definition) is 2. The summed E-state index contributed by atoms with van der Waals surface area (Å²) in [5.41, 5.74) is 0.971. The summed E-state index contributed by atoms with van der Waals surface area (Å²) >= 11 is 17.5. The highest BCUT2D eigenvalue weighted by Crippen LogP contribution is 2.26. The first-order valence-corrected chi connectivity index (χ1v) is 7.65. The van der Waals surface area contributed by atoms with Crippen molar-refractivity contribution in [1.82, 2.24) is 15.1 Å². The third kappa shape index (κ3) is 5.83. The quantitative estimate of drug-likeness (QED) is 0.636. The zero-order valence-corrected chi connectivity index (χ0v) is 14.4. The predicted octanol–water partition coefficient (Wildman–Crippen LogP) is 3.25. The average Bonchev–Trinajstić information content (AvgIpc) is 2.39. The topological polar surface area (TPSA) is 18.5 Å². The van der Waals surface area contributed by atoms with E-state index in [-0.39, 0.29) is 0 Å². The zero-order chi connectivity index (χ0) is 15.1. The van der Waals surface area contributed by atoms with Crippen molar-refractivity contribution in [2.75, 3.05) is 34.2 Å². The summed E-state index contributed by atoms with van der Waals surface area (Å²) in [6.07, 6.45) is 1.05. The van der Waals surface area contributed by atoms with E-state index in [1.807, 2.05) is 24.1 Å². The van der Waals surface area contributed by atoms with E-state index in [0.29, 0.717) is 16.6 Å². The fraction of sp³-hybridized carbons (Fsp3) is 0.500. The molecule has 20 heavy (non-hydrogen) atoms. The van der Waals surface area contributed by atoms with Gasteiger partial charge in [-0.05, 0) is 50.9 Å². The molecule has 6 heteroatoms. The van der Waals surface area contributed by atoms with Gasteiger partial charge in [0.2, 0.25) is 0 Å². The van der Waals surface area contributed by atoms with Crippen LogP contribution in [0.25, 0.3) is 0 Å². The van der Waals surface area contributed by atoms with Gasteiger partial charge in [0.15, 0.2) is 5.11 Å². The summed E-state index contributed by atoms with van der Waals surface area (Å²) in [5, 5.41) is 5.13. The van der Waals surface area contributed by atoms with Gasteiger partial charge in [0, 0.05) is 20.1 Å². The fourth-order valence-electron chi connectivity index (χ4n) is 1.72. The van der Waals surface area contributed by atoms with Crippen molar-refractivity contribution in [3.05, 3.63) is 33.8 Å². The molecule has 0 fully saturated rings. The molecule has 0 bridgehead atoms. The van der Waals surface area contributed by atoms with E-state index < -0.39 is 0 Å². The molecule has 0 aliphatic rings. The van der Waals surface area contributed by atoms with Gasteiger partial charge >= 0.3 is 0 Å². The number of nitrogens with one attached hydrogen (secondary N) is 1. The van der Waals surface area contributed by atoms with Gasteiger partial charge in [-0.25, -0.2) is 0 Å². The lowest BCUT2D eigenvalue weighted by molar-refractivity contribution is 0.397. The van der Waals surface area contributed by atoms with Crippen molar-refractivity contribution in [3.63, 3.8) is 0 Å². The summed E-state index contributed by atoms with van der Waals surface area (Å²) < 4.78 is 0. The summed E-state index contributed by atoms with van der Waals surface area (Å²) in [4.78, 5) is 4.11. The van der Waals surface area contributed by atoms with Gasteiger partial charge in [-0.2, -0.15) is 0 Å². The van der Waals surface area contributed by atoms with Gasteiger partial charge in [-0.1, -0.05) is 35.3 Å². The Morgan fingerprint density at radius 2 is 1.95 bits per heavy atom. The molecular weight excluding hydrogens is 313 g/mol. The molecule has 0 saturated heterocycles. The van der Waals surface area contributed by atoms with Crippen LogP contribution in [0.15, 0.2) is 18.2 Å². The Kier molecular flexibility index (Phi) is 7.59. The van der Waals surface area contributed by atoms with Crippen LogP contribution in [0.4, 0.5) is 0 Å². The van der Waals surface area contributed by atoms with Crippen LogP contribution in [-0.2, 0) is 6.54 Å². The highest BCUT2D eigenvalue weighted by atomic mass is 35.5. The molecule has 0 spiro atoms. The first-order valence-electron chi connectivity index (χ1n) is 6.48. The molecule has 3 nitrogen and oxygen atoms in total. The second-order valence-corrected chi connectivity index (χ2v) is 6.13. The third-order valence-electron chi connectivity index (χ3n) is 2.84. The predicted molar refractivity (Wildman–Crippen MR) is 91.7 cm³/mol. The molecule has 1 aromatic carbocycles. The highest BCUT2D eigenvalue weighted by molar-refractivity contribution is 7.80. The van der Waals surface area contributed by atoms with E-state index in [9.17, 15) is 0 Å². The average molecular weight is 334 g/mol. The normalized spacial score (nSPS) is 10.7. The number of rotatable bonds is 6. The molecule has 0 radical (unpaired) electrons. The van der Waals surface area contributed by atoms with Crippen molar-refractivity contribution in [2.45, 2.75) is 13.0 Å². The summed E-state index contributed by atoms with van der Waals surface area (Å²) in [6.45, 7) is 2.54. The van der Waals surface area contributed by atoms with Crippen molar-refractivity contribution in [3.8, 4) is 0 Å². The molecule has 0 aromatic heterocycles. The number of nitrogens with zero attached hydrogens (tertiary/aromatic N) is 2. The van der Waals surface area contributed by atoms with Crippen molar-refractivity contribution in [2.24, 2.45) is 0 Å². The van der Waals surface area contributed by atoms with E-state index in [1.54, 1.807) is 6.07 Å². The zero-order valence-electron chi connectivity index (χ0n) is 12.1. The van der Waals surface area contributed by atoms with Gasteiger partial charge in [0.25, 0.3) is 0 Å². The molecule has 0 heterocycles. The standard InChI is InChI=1S/C14H21Cl2N3S/c1-18(2)9-5-8-17-14(20)19(3)10-11-6-4-7-12(15)13(11)16/h4,6-7H,5,8-10H2,1-3H3,(H,17,20). The van der Waals surface area contributed by atoms with E-state index in [2.05, 4.69) is 24.3 Å². The molecular formula is C14H21Cl2N3S. The van der Waals surface area contributed by atoms with Crippen molar-refractivity contribution in [1.29, 1.82) is 0 Å². The molecule has 1 rings (SSSR count). The van der Waals surface area contributed by atoms with Gasteiger partial charge in [-0.3, -0.25) is 0 Å². The Balaban J connectivity index is 2.43. The summed E-state index contributed by atoms with van der Waals surface area (Å²) in [7, 11) is 6.07. The lowest BCUT2D eigenvalue weighted by Gasteiger charge is -2.22. The van der Waals surface area contributed by atoms with E-state index in [0.717, 1.165) is 30.2 Å². The molecule has 1 N–H and O–H groups in total. The second kappa shape index (κ2) is 8.67. The Morgan fingerprint density at radius 3 is 2.60 bits per heavy atom. The maximum absolute atomic E-state index is 6.18. The molecule has 0 unspecified atom stereocenters. The fourth-order valence-corrected chi connectivity index (χ4v) is 2.27. The van der Waals surface area contributed by atoms with Gasteiger partial charge < -0.3 is 15.1 Å². The number of benzene rings is 1. The van der Waals surface area contributed by atoms with Gasteiger partial charge in [0.05, 0.1) is 10.0 Å². The van der Waals surface area contributed by atoms with E-state index >= 15 is 0 Å². The van der Waals surface area contributed by atoms with E-state index in [4.69, 9.17) is 35.4 Å². The van der Waals surface area contributed by atoms with Gasteiger partial charge in [-0.15, -0.1) is 0 Å². The summed E-state index contributed by atoms with van der Waals surface area (Å²) in [6, 6.07) is 5.63. The van der Waals surface area contributed by atoms with Crippen LogP contribution in [0.3, 0.4) is 0 Å². The highest BCUT2D eigenvalue weighted by Gasteiger charge is 2.09. The monoisotopic (exact) mass is 333 g/mol. The minimum atomic E-state index is 0.572. The lowest BCUT2D eigenvalue weighted by atomic mass is 10.2. The SMILES string of the molecule is CN(C)CCCNC(=S)N(C)Cc1cccc(Cl)c1Cl. The molecule has 0 saturated carbocycles. The molecule has 0 aliphatic heterocycles. The number of halogens is 2. The van der Waals surface area contributed by atoms with Crippen LogP contribution >= 0.6 is 35.4 Å². The van der Waals surface area contributed by atoms with E-state index in [1.165, 1.54) is 0 Å². The number of hydrogen-bond donors (Lipinski definition) is 1. The number of thiocarbonyl (C=S) groups is 1. The van der Waals surface area contributed by atoms with Crippen molar-refractivity contribution >= 4 is 40.5 Å². The first-order chi connectivity index (χ1) is 9.41. The Hall–Kier alpha value is -0.550. The van der Waals surface area contributed by atoms with Crippen molar-refractivity contribution < 1.29 is 0 Å². The minimum Gasteiger partial charge on any atom is -0.363 e. The van der Waals surface area contributed by atoms with Crippen LogP contribution in [-0.4, -0.2) is 49.1 Å². The maximum Gasteiger partial charge on any atom is 0.168 e. The molecule has 112 valence electrons. The van der Waals surface area contributed by atoms with Gasteiger partial charge in [0.1, 0.15) is 0 Å². The van der Waals surface area contributed by atoms with Crippen LogP contribution in [0.2, 0.25) is 10.0 Å². The lowest BCUT2D eigenvalue weighted by Crippen LogP contribution is -2.37. The van der Waals surface area contributed by atoms with Crippen LogP contribution in [0.1, 0.15) is 12.0 Å². The molecule has 0 atom stereocenters. The minimum absolute atomic E-state index is 0.572. The third-order valence-corrected chi connectivity index (χ3v) is 4.16. The largest absolute Gasteiger partial charge is 0.363 e. The smallest absolute Gasteiger partial charge is 0.168 e. The Bertz CT molecular complexity index is 452. The second-order valence-electron chi connectivity index (χ2n) is 4.96. The Labute approximate surface area is 136 Å². The van der Waals surface area contributed by atoms with Crippen LogP contribution < -0.4 is 5.32 Å².